The number of amides is 3. The summed E-state index contributed by atoms with van der Waals surface area (Å²) in [5.74, 6) is 0.783. The molecule has 3 N–H and O–H groups in total. The molecule has 15 heteroatoms. The quantitative estimate of drug-likeness (QED) is 0.0776. The molecule has 510 valence electrons. The fraction of sp³-hybridized carbons (Fsp3) is 0.402. The summed E-state index contributed by atoms with van der Waals surface area (Å²) >= 11 is 7.09. The second kappa shape index (κ2) is 33.2. The van der Waals surface area contributed by atoms with E-state index in [1.54, 1.807) is 0 Å². The van der Waals surface area contributed by atoms with Crippen molar-refractivity contribution in [2.24, 2.45) is 0 Å². The first kappa shape index (κ1) is 71.2. The van der Waals surface area contributed by atoms with Crippen molar-refractivity contribution in [2.45, 2.75) is 128 Å². The lowest BCUT2D eigenvalue weighted by atomic mass is 9.99. The van der Waals surface area contributed by atoms with Crippen LogP contribution in [0.4, 0.5) is 5.69 Å². The van der Waals surface area contributed by atoms with Gasteiger partial charge in [-0.1, -0.05) is 135 Å². The van der Waals surface area contributed by atoms with Crippen molar-refractivity contribution >= 4 is 84.3 Å². The van der Waals surface area contributed by atoms with Gasteiger partial charge in [0.15, 0.2) is 0 Å². The molecule has 3 saturated heterocycles. The molecule has 3 fully saturated rings. The number of benzene rings is 7. The smallest absolute Gasteiger partial charge is 0.251 e. The van der Waals surface area contributed by atoms with Gasteiger partial charge in [-0.05, 0) is 143 Å². The minimum absolute atomic E-state index is 0.00103. The van der Waals surface area contributed by atoms with E-state index in [9.17, 15) is 14.4 Å². The van der Waals surface area contributed by atoms with E-state index in [1.165, 1.54) is 27.8 Å². The number of hydrogen-bond donors (Lipinski definition) is 3. The van der Waals surface area contributed by atoms with Crippen LogP contribution in [0.2, 0.25) is 0 Å². The maximum Gasteiger partial charge on any atom is 0.251 e. The summed E-state index contributed by atoms with van der Waals surface area (Å²) < 4.78 is 27.5. The summed E-state index contributed by atoms with van der Waals surface area (Å²) in [4.78, 5) is 38.6. The topological polar surface area (TPSA) is 124 Å². The van der Waals surface area contributed by atoms with Crippen LogP contribution in [0.1, 0.15) is 120 Å². The van der Waals surface area contributed by atoms with E-state index in [1.807, 2.05) is 42.5 Å². The van der Waals surface area contributed by atoms with Crippen molar-refractivity contribution in [3.8, 4) is 5.75 Å². The van der Waals surface area contributed by atoms with Gasteiger partial charge in [-0.25, -0.2) is 0 Å². The Balaban J connectivity index is 0.000000148. The molecule has 0 spiro atoms. The summed E-state index contributed by atoms with van der Waals surface area (Å²) in [6.07, 6.45) is 18.5. The number of carbonyl (C=O) groups excluding carboxylic acids is 3. The van der Waals surface area contributed by atoms with E-state index >= 15 is 0 Å². The molecule has 13 nitrogen and oxygen atoms in total. The Morgan fingerprint density at radius 2 is 0.856 bits per heavy atom. The van der Waals surface area contributed by atoms with E-state index in [0.717, 1.165) is 220 Å². The van der Waals surface area contributed by atoms with Crippen molar-refractivity contribution in [1.29, 1.82) is 0 Å². The Labute approximate surface area is 592 Å². The van der Waals surface area contributed by atoms with Crippen LogP contribution in [-0.4, -0.2) is 138 Å². The van der Waals surface area contributed by atoms with Gasteiger partial charge < -0.3 is 48.3 Å². The lowest BCUT2D eigenvalue weighted by Crippen LogP contribution is -2.50. The molecule has 13 rings (SSSR count). The first-order chi connectivity index (χ1) is 46.8. The number of quaternary nitrogens is 3. The van der Waals surface area contributed by atoms with Crippen LogP contribution in [0.5, 0.6) is 5.75 Å². The molecular formula is C82H99Br2N6O7+3. The highest BCUT2D eigenvalue weighted by atomic mass is 79.9. The van der Waals surface area contributed by atoms with Crippen LogP contribution in [-0.2, 0) is 74.2 Å². The molecule has 0 aromatic heterocycles. The Morgan fingerprint density at radius 3 is 1.32 bits per heavy atom. The number of anilines is 1. The van der Waals surface area contributed by atoms with Gasteiger partial charge in [0.25, 0.3) is 11.8 Å². The lowest BCUT2D eigenvalue weighted by molar-refractivity contribution is -0.929. The predicted molar refractivity (Wildman–Crippen MR) is 398 cm³/mol. The van der Waals surface area contributed by atoms with Crippen LogP contribution in [0.3, 0.4) is 0 Å². The fourth-order valence-corrected chi connectivity index (χ4v) is 15.5. The molecule has 0 saturated carbocycles. The normalized spacial score (nSPS) is 17.1. The molecule has 3 amide bonds. The number of nitrogens with zero attached hydrogens (tertiary/aromatic N) is 3. The summed E-state index contributed by atoms with van der Waals surface area (Å²) in [7, 11) is 13.9. The van der Waals surface area contributed by atoms with E-state index in [2.05, 4.69) is 211 Å². The molecule has 0 atom stereocenters. The fourth-order valence-electron chi connectivity index (χ4n) is 14.7. The molecule has 7 aromatic rings. The minimum atomic E-state index is -0.0834. The maximum atomic E-state index is 12.9. The first-order valence-corrected chi connectivity index (χ1v) is 36.6. The van der Waals surface area contributed by atoms with Crippen molar-refractivity contribution in [1.82, 2.24) is 10.6 Å². The third-order valence-corrected chi connectivity index (χ3v) is 21.6. The van der Waals surface area contributed by atoms with Gasteiger partial charge in [0.2, 0.25) is 5.91 Å². The first-order valence-electron chi connectivity index (χ1n) is 35.0. The van der Waals surface area contributed by atoms with Crippen LogP contribution >= 0.6 is 31.9 Å². The number of rotatable bonds is 17. The van der Waals surface area contributed by atoms with Crippen molar-refractivity contribution in [2.75, 3.05) is 93.9 Å². The van der Waals surface area contributed by atoms with Crippen LogP contribution in [0.15, 0.2) is 171 Å². The molecule has 7 aromatic carbocycles. The van der Waals surface area contributed by atoms with E-state index in [-0.39, 0.29) is 24.3 Å². The number of carbonyl (C=O) groups is 3. The van der Waals surface area contributed by atoms with Gasteiger partial charge in [-0.15, -0.1) is 0 Å². The van der Waals surface area contributed by atoms with Gasteiger partial charge in [-0.3, -0.25) is 14.4 Å². The number of ether oxygens (including phenoxy) is 4. The Morgan fingerprint density at radius 1 is 0.443 bits per heavy atom. The zero-order valence-corrected chi connectivity index (χ0v) is 60.9. The average Bonchev–Trinajstić information content (AvgIpc) is 1.32. The number of halogens is 2. The zero-order chi connectivity index (χ0) is 67.9. The average molecular weight is 1440 g/mol. The number of hydrogen-bond acceptors (Lipinski definition) is 7. The van der Waals surface area contributed by atoms with Gasteiger partial charge in [-0.2, -0.15) is 0 Å². The zero-order valence-electron chi connectivity index (χ0n) is 57.7. The number of nitrogens with one attached hydrogen (secondary N) is 3. The lowest BCUT2D eigenvalue weighted by Gasteiger charge is -2.40. The monoisotopic (exact) mass is 1440 g/mol. The number of aryl methyl sites for hydroxylation is 2. The Bertz CT molecular complexity index is 3950. The van der Waals surface area contributed by atoms with Crippen LogP contribution in [0, 0.1) is 0 Å². The minimum Gasteiger partial charge on any atom is -0.488 e. The van der Waals surface area contributed by atoms with Crippen LogP contribution in [0.25, 0.3) is 29.0 Å². The van der Waals surface area contributed by atoms with E-state index in [4.69, 9.17) is 18.9 Å². The van der Waals surface area contributed by atoms with Gasteiger partial charge in [0.1, 0.15) is 32.0 Å². The third-order valence-electron chi connectivity index (χ3n) is 20.6. The molecule has 0 bridgehead atoms. The van der Waals surface area contributed by atoms with Gasteiger partial charge in [0.05, 0.1) is 106 Å². The molecule has 0 radical (unpaired) electrons. The SMILES string of the molecule is C[N+](C)(Cc1ccc(CNC(=O)C2=Cc3c(ccc4ccccc34)OC2)cc1)C1CCOCC1.C[N+](C)(Cc1ccc(CNC(=O)C2=Cc3cc(Br)ccc3CCC2)cc1)C1CCOCC1.C[N+](C)(Cc1ccc(NC(=O)C2=Cc3cc(Br)ccc3CCC2)cc1)C1CCOCC1. The van der Waals surface area contributed by atoms with Crippen molar-refractivity contribution in [3.63, 3.8) is 0 Å². The molecule has 0 unspecified atom stereocenters. The third kappa shape index (κ3) is 19.7. The van der Waals surface area contributed by atoms with Crippen molar-refractivity contribution in [3.05, 3.63) is 227 Å². The van der Waals surface area contributed by atoms with Crippen molar-refractivity contribution < 1.29 is 46.8 Å². The van der Waals surface area contributed by atoms with E-state index in [0.29, 0.717) is 36.8 Å². The Kier molecular flexibility index (Phi) is 24.4. The predicted octanol–water partition coefficient (Wildman–Crippen LogP) is 15.5. The molecule has 4 heterocycles. The highest BCUT2D eigenvalue weighted by Gasteiger charge is 2.33. The second-order valence-corrected chi connectivity index (χ2v) is 30.7. The largest absolute Gasteiger partial charge is 0.488 e. The van der Waals surface area contributed by atoms with Crippen LogP contribution < -0.4 is 20.7 Å². The van der Waals surface area contributed by atoms with Gasteiger partial charge >= 0.3 is 0 Å². The molecule has 97 heavy (non-hydrogen) atoms. The Hall–Kier alpha value is -7.05. The molecule has 6 aliphatic rings. The molecule has 4 aliphatic heterocycles. The van der Waals surface area contributed by atoms with E-state index < -0.39 is 0 Å². The summed E-state index contributed by atoms with van der Waals surface area (Å²) in [6.45, 7) is 9.57. The summed E-state index contributed by atoms with van der Waals surface area (Å²) in [5.41, 5.74) is 15.3. The number of fused-ring (bicyclic) bond motifs is 5. The standard InChI is InChI=1S/C29H32N2O3.C27H33BrN2O2.C26H31BrN2O2/c1-31(2,25-13-15-33-16-14-25)19-22-9-7-21(8-10-22)18-30-29(32)24-17-27-26-6-4-3-5-23(26)11-12-28(27)34-20-24;1-30(2,26-12-14-32-15-13-26)19-21-8-6-20(7-9-21)18-29-27(31)23-5-3-4-22-10-11-25(28)17-24(22)16-23;1-29(2,25-12-14-31-15-13-25)18-19-6-10-24(11-7-19)28-26(30)21-5-3-4-20-8-9-23(27)17-22(20)16-21/h3-12,17,25H,13-16,18-20H2,1-2H3;6-11,16-17,26H,3-5,12-15,18-19H2,1-2H3;6-11,16-17,25H,3-5,12-15,18H2,1-2H3/p+3. The molecule has 2 aliphatic carbocycles. The maximum absolute atomic E-state index is 12.9. The van der Waals surface area contributed by atoms with Gasteiger partial charge in [0, 0.05) is 99.6 Å². The highest BCUT2D eigenvalue weighted by Crippen LogP contribution is 2.35. The molecular weight excluding hydrogens is 1340 g/mol. The summed E-state index contributed by atoms with van der Waals surface area (Å²) in [5, 5.41) is 11.5. The summed E-state index contributed by atoms with van der Waals surface area (Å²) in [6, 6.07) is 52.4. The second-order valence-electron chi connectivity index (χ2n) is 28.9. The highest BCUT2D eigenvalue weighted by molar-refractivity contribution is 9.10.